The lowest BCUT2D eigenvalue weighted by Gasteiger charge is -2.28. The number of aliphatic hydroxyl groups excluding tert-OH is 1. The van der Waals surface area contributed by atoms with Crippen LogP contribution in [0.5, 0.6) is 0 Å². The van der Waals surface area contributed by atoms with Crippen molar-refractivity contribution in [2.45, 2.75) is 38.2 Å². The highest BCUT2D eigenvalue weighted by molar-refractivity contribution is 5.31. The van der Waals surface area contributed by atoms with Crippen molar-refractivity contribution in [3.8, 4) is 0 Å². The first kappa shape index (κ1) is 8.82. The van der Waals surface area contributed by atoms with E-state index in [0.29, 0.717) is 5.92 Å². The van der Waals surface area contributed by atoms with Crippen LogP contribution in [0, 0.1) is 5.92 Å². The highest BCUT2D eigenvalue weighted by Crippen LogP contribution is 2.45. The standard InChI is InChI=1S/C11H16O2/c1-11(13,8-6-7-8)9-4-2-3-5-10(9)12/h3,5,8,12-13H,2,4,6-7H2,1H3. The van der Waals surface area contributed by atoms with E-state index in [1.54, 1.807) is 6.08 Å². The summed E-state index contributed by atoms with van der Waals surface area (Å²) in [6, 6.07) is 0. The van der Waals surface area contributed by atoms with Gasteiger partial charge in [0, 0.05) is 5.57 Å². The second-order valence-electron chi connectivity index (χ2n) is 4.23. The van der Waals surface area contributed by atoms with Crippen molar-refractivity contribution in [2.75, 3.05) is 0 Å². The Morgan fingerprint density at radius 3 is 2.69 bits per heavy atom. The van der Waals surface area contributed by atoms with Gasteiger partial charge in [-0.15, -0.1) is 0 Å². The summed E-state index contributed by atoms with van der Waals surface area (Å²) >= 11 is 0. The van der Waals surface area contributed by atoms with E-state index in [2.05, 4.69) is 0 Å². The summed E-state index contributed by atoms with van der Waals surface area (Å²) in [6.07, 6.45) is 7.56. The molecule has 1 fully saturated rings. The summed E-state index contributed by atoms with van der Waals surface area (Å²) < 4.78 is 0. The Hall–Kier alpha value is -0.760. The molecule has 2 nitrogen and oxygen atoms in total. The van der Waals surface area contributed by atoms with Crippen molar-refractivity contribution < 1.29 is 10.2 Å². The van der Waals surface area contributed by atoms with Crippen LogP contribution in [0.1, 0.15) is 32.6 Å². The SMILES string of the molecule is CC(O)(C1=C(O)C=CCC1)C1CC1. The third-order valence-corrected chi connectivity index (χ3v) is 3.13. The largest absolute Gasteiger partial charge is 0.508 e. The molecule has 0 spiro atoms. The molecule has 0 saturated heterocycles. The van der Waals surface area contributed by atoms with Gasteiger partial charge >= 0.3 is 0 Å². The molecule has 13 heavy (non-hydrogen) atoms. The molecule has 1 saturated carbocycles. The molecule has 2 aliphatic carbocycles. The molecule has 0 aromatic heterocycles. The predicted molar refractivity (Wildman–Crippen MR) is 51.4 cm³/mol. The Bertz CT molecular complexity index is 270. The molecule has 0 aromatic carbocycles. The minimum atomic E-state index is -0.769. The summed E-state index contributed by atoms with van der Waals surface area (Å²) in [7, 11) is 0. The zero-order valence-electron chi connectivity index (χ0n) is 7.95. The minimum Gasteiger partial charge on any atom is -0.508 e. The van der Waals surface area contributed by atoms with E-state index in [1.807, 2.05) is 13.0 Å². The smallest absolute Gasteiger partial charge is 0.117 e. The van der Waals surface area contributed by atoms with Gasteiger partial charge in [-0.3, -0.25) is 0 Å². The van der Waals surface area contributed by atoms with Gasteiger partial charge in [0.15, 0.2) is 0 Å². The molecule has 2 aliphatic rings. The third kappa shape index (κ3) is 1.51. The Morgan fingerprint density at radius 1 is 1.46 bits per heavy atom. The predicted octanol–water partition coefficient (Wildman–Crippen LogP) is 2.31. The van der Waals surface area contributed by atoms with Crippen LogP contribution >= 0.6 is 0 Å². The molecule has 72 valence electrons. The second-order valence-corrected chi connectivity index (χ2v) is 4.23. The molecule has 2 N–H and O–H groups in total. The maximum Gasteiger partial charge on any atom is 0.117 e. The lowest BCUT2D eigenvalue weighted by molar-refractivity contribution is 0.0666. The zero-order chi connectivity index (χ0) is 9.47. The summed E-state index contributed by atoms with van der Waals surface area (Å²) in [6.45, 7) is 1.83. The van der Waals surface area contributed by atoms with E-state index >= 15 is 0 Å². The molecule has 1 atom stereocenters. The van der Waals surface area contributed by atoms with Gasteiger partial charge < -0.3 is 10.2 Å². The van der Waals surface area contributed by atoms with E-state index in [4.69, 9.17) is 0 Å². The van der Waals surface area contributed by atoms with E-state index in [9.17, 15) is 10.2 Å². The second kappa shape index (κ2) is 2.88. The van der Waals surface area contributed by atoms with Gasteiger partial charge in [0.2, 0.25) is 0 Å². The number of hydrogen-bond acceptors (Lipinski definition) is 2. The van der Waals surface area contributed by atoms with Crippen molar-refractivity contribution in [2.24, 2.45) is 5.92 Å². The van der Waals surface area contributed by atoms with Crippen LogP contribution in [-0.4, -0.2) is 15.8 Å². The van der Waals surface area contributed by atoms with Gasteiger partial charge in [-0.2, -0.15) is 0 Å². The van der Waals surface area contributed by atoms with Crippen LogP contribution in [-0.2, 0) is 0 Å². The first-order chi connectivity index (χ1) is 6.12. The maximum absolute atomic E-state index is 10.2. The van der Waals surface area contributed by atoms with Crippen molar-refractivity contribution in [3.05, 3.63) is 23.5 Å². The van der Waals surface area contributed by atoms with E-state index in [-0.39, 0.29) is 5.76 Å². The highest BCUT2D eigenvalue weighted by atomic mass is 16.3. The van der Waals surface area contributed by atoms with Crippen LogP contribution < -0.4 is 0 Å². The van der Waals surface area contributed by atoms with Crippen LogP contribution in [0.2, 0.25) is 0 Å². The normalized spacial score (nSPS) is 27.5. The quantitative estimate of drug-likeness (QED) is 0.684. The summed E-state index contributed by atoms with van der Waals surface area (Å²) in [5.74, 6) is 0.652. The van der Waals surface area contributed by atoms with Gasteiger partial charge in [-0.25, -0.2) is 0 Å². The maximum atomic E-state index is 10.2. The fourth-order valence-corrected chi connectivity index (χ4v) is 2.06. The van der Waals surface area contributed by atoms with Crippen LogP contribution in [0.3, 0.4) is 0 Å². The lowest BCUT2D eigenvalue weighted by Crippen LogP contribution is -2.31. The minimum absolute atomic E-state index is 0.281. The first-order valence-electron chi connectivity index (χ1n) is 4.94. The fourth-order valence-electron chi connectivity index (χ4n) is 2.06. The van der Waals surface area contributed by atoms with Crippen molar-refractivity contribution in [3.63, 3.8) is 0 Å². The first-order valence-corrected chi connectivity index (χ1v) is 4.94. The van der Waals surface area contributed by atoms with Crippen molar-refractivity contribution >= 4 is 0 Å². The van der Waals surface area contributed by atoms with Crippen LogP contribution in [0.15, 0.2) is 23.5 Å². The lowest BCUT2D eigenvalue weighted by atomic mass is 9.84. The topological polar surface area (TPSA) is 40.5 Å². The molecule has 0 amide bonds. The Labute approximate surface area is 78.6 Å². The van der Waals surface area contributed by atoms with Gasteiger partial charge in [-0.1, -0.05) is 6.08 Å². The number of allylic oxidation sites excluding steroid dienone is 2. The number of aliphatic hydroxyl groups is 2. The monoisotopic (exact) mass is 180 g/mol. The van der Waals surface area contributed by atoms with Gasteiger partial charge in [0.25, 0.3) is 0 Å². The summed E-state index contributed by atoms with van der Waals surface area (Å²) in [5, 5.41) is 19.8. The van der Waals surface area contributed by atoms with E-state index in [1.165, 1.54) is 0 Å². The van der Waals surface area contributed by atoms with Gasteiger partial charge in [-0.05, 0) is 44.6 Å². The third-order valence-electron chi connectivity index (χ3n) is 3.13. The molecule has 0 radical (unpaired) electrons. The van der Waals surface area contributed by atoms with Crippen molar-refractivity contribution in [1.82, 2.24) is 0 Å². The Kier molecular flexibility index (Phi) is 1.95. The average Bonchev–Trinajstić information content (AvgIpc) is 2.86. The number of hydrogen-bond donors (Lipinski definition) is 2. The average molecular weight is 180 g/mol. The Balaban J connectivity index is 2.26. The van der Waals surface area contributed by atoms with E-state index in [0.717, 1.165) is 31.3 Å². The zero-order valence-corrected chi connectivity index (χ0v) is 7.95. The fraction of sp³-hybridized carbons (Fsp3) is 0.636. The summed E-state index contributed by atoms with van der Waals surface area (Å²) in [4.78, 5) is 0. The molecule has 0 aliphatic heterocycles. The van der Waals surface area contributed by atoms with E-state index < -0.39 is 5.60 Å². The van der Waals surface area contributed by atoms with Gasteiger partial charge in [0.1, 0.15) is 5.76 Å². The molecule has 0 heterocycles. The number of rotatable bonds is 2. The van der Waals surface area contributed by atoms with Crippen molar-refractivity contribution in [1.29, 1.82) is 0 Å². The molecule has 2 heteroatoms. The molecule has 2 rings (SSSR count). The molecule has 0 aromatic rings. The molecular weight excluding hydrogens is 164 g/mol. The van der Waals surface area contributed by atoms with Gasteiger partial charge in [0.05, 0.1) is 5.60 Å². The summed E-state index contributed by atoms with van der Waals surface area (Å²) in [5.41, 5.74) is 0.0620. The molecular formula is C11H16O2. The van der Waals surface area contributed by atoms with Crippen LogP contribution in [0.4, 0.5) is 0 Å². The molecule has 1 unspecified atom stereocenters. The highest BCUT2D eigenvalue weighted by Gasteiger charge is 2.43. The van der Waals surface area contributed by atoms with Crippen LogP contribution in [0.25, 0.3) is 0 Å². The Morgan fingerprint density at radius 2 is 2.15 bits per heavy atom. The molecule has 0 bridgehead atoms.